The number of halogens is 1. The zero-order chi connectivity index (χ0) is 15.9. The van der Waals surface area contributed by atoms with E-state index >= 15 is 0 Å². The summed E-state index contributed by atoms with van der Waals surface area (Å²) in [6.07, 6.45) is 1.23. The highest BCUT2D eigenvalue weighted by Gasteiger charge is 2.12. The minimum absolute atomic E-state index is 0.131. The number of hydrogen-bond donors (Lipinski definition) is 2. The topological polar surface area (TPSA) is 79.8 Å². The van der Waals surface area contributed by atoms with Crippen LogP contribution < -0.4 is 11.3 Å². The maximum atomic E-state index is 12.4. The first-order valence-electron chi connectivity index (χ1n) is 6.54. The highest BCUT2D eigenvalue weighted by Crippen LogP contribution is 2.12. The Morgan fingerprint density at radius 1 is 1.23 bits per heavy atom. The van der Waals surface area contributed by atoms with Gasteiger partial charge in [0.2, 0.25) is 5.78 Å². The van der Waals surface area contributed by atoms with Gasteiger partial charge in [0.05, 0.1) is 11.9 Å². The lowest BCUT2D eigenvalue weighted by Gasteiger charge is -2.04. The van der Waals surface area contributed by atoms with Crippen molar-refractivity contribution in [3.8, 4) is 0 Å². The van der Waals surface area contributed by atoms with Crippen molar-refractivity contribution in [1.82, 2.24) is 0 Å². The number of benzene rings is 2. The van der Waals surface area contributed by atoms with Gasteiger partial charge in [-0.15, -0.1) is 0 Å². The van der Waals surface area contributed by atoms with Crippen molar-refractivity contribution in [2.24, 2.45) is 16.0 Å². The first-order valence-corrected chi connectivity index (χ1v) is 7.33. The Morgan fingerprint density at radius 2 is 1.95 bits per heavy atom. The van der Waals surface area contributed by atoms with Gasteiger partial charge in [-0.25, -0.2) is 0 Å². The number of Topliss-reactive ketones (excluding diaryl/α,β-unsaturated/α-hetero) is 1. The molecule has 6 heteroatoms. The number of carbonyl (C=O) groups is 1. The Bertz CT molecular complexity index is 723. The van der Waals surface area contributed by atoms with E-state index in [4.69, 9.17) is 5.84 Å². The molecule has 0 aliphatic rings. The zero-order valence-electron chi connectivity index (χ0n) is 12.0. The van der Waals surface area contributed by atoms with E-state index in [9.17, 15) is 4.79 Å². The van der Waals surface area contributed by atoms with Crippen LogP contribution in [0.2, 0.25) is 0 Å². The lowest BCUT2D eigenvalue weighted by molar-refractivity contribution is 0.106. The van der Waals surface area contributed by atoms with Crippen LogP contribution in [-0.4, -0.2) is 17.7 Å². The summed E-state index contributed by atoms with van der Waals surface area (Å²) in [5.74, 6) is 4.90. The van der Waals surface area contributed by atoms with Gasteiger partial charge in [0, 0.05) is 10.0 Å². The van der Waals surface area contributed by atoms with Crippen LogP contribution in [0.5, 0.6) is 0 Å². The molecule has 0 atom stereocenters. The second-order valence-corrected chi connectivity index (χ2v) is 5.51. The molecule has 22 heavy (non-hydrogen) atoms. The molecule has 0 saturated heterocycles. The molecule has 0 amide bonds. The quantitative estimate of drug-likeness (QED) is 0.372. The van der Waals surface area contributed by atoms with Crippen LogP contribution in [0.3, 0.4) is 0 Å². The van der Waals surface area contributed by atoms with Crippen molar-refractivity contribution < 1.29 is 4.79 Å². The zero-order valence-corrected chi connectivity index (χ0v) is 13.5. The van der Waals surface area contributed by atoms with Crippen molar-refractivity contribution in [2.45, 2.75) is 6.92 Å². The Balaban J connectivity index is 2.23. The highest BCUT2D eigenvalue weighted by atomic mass is 79.9. The normalized spacial score (nSPS) is 11.6. The molecule has 0 aliphatic heterocycles. The molecule has 2 aromatic carbocycles. The lowest BCUT2D eigenvalue weighted by Crippen LogP contribution is -2.18. The predicted molar refractivity (Wildman–Crippen MR) is 93.4 cm³/mol. The maximum Gasteiger partial charge on any atom is 0.214 e. The SMILES string of the molecule is Cc1cccc(N/N=C(/C=N/N)C(=O)c2ccc(Br)cc2)c1. The summed E-state index contributed by atoms with van der Waals surface area (Å²) in [6.45, 7) is 1.98. The van der Waals surface area contributed by atoms with Crippen molar-refractivity contribution in [2.75, 3.05) is 5.43 Å². The van der Waals surface area contributed by atoms with Crippen LogP contribution >= 0.6 is 15.9 Å². The van der Waals surface area contributed by atoms with Gasteiger partial charge in [0.15, 0.2) is 5.71 Å². The van der Waals surface area contributed by atoms with Crippen LogP contribution in [-0.2, 0) is 0 Å². The average molecular weight is 359 g/mol. The molecule has 3 N–H and O–H groups in total. The molecular formula is C16H15BrN4O. The third-order valence-electron chi connectivity index (χ3n) is 2.86. The second-order valence-electron chi connectivity index (χ2n) is 4.59. The summed E-state index contributed by atoms with van der Waals surface area (Å²) in [6, 6.07) is 14.7. The molecule has 0 fully saturated rings. The van der Waals surface area contributed by atoms with Gasteiger partial charge in [0.25, 0.3) is 0 Å². The van der Waals surface area contributed by atoms with Crippen molar-refractivity contribution in [1.29, 1.82) is 0 Å². The smallest absolute Gasteiger partial charge is 0.214 e. The molecule has 0 aromatic heterocycles. The van der Waals surface area contributed by atoms with E-state index in [-0.39, 0.29) is 11.5 Å². The number of hydrazone groups is 2. The van der Waals surface area contributed by atoms with E-state index in [2.05, 4.69) is 31.6 Å². The van der Waals surface area contributed by atoms with Gasteiger partial charge in [-0.2, -0.15) is 10.2 Å². The molecule has 0 radical (unpaired) electrons. The number of hydrogen-bond acceptors (Lipinski definition) is 5. The lowest BCUT2D eigenvalue weighted by atomic mass is 10.1. The summed E-state index contributed by atoms with van der Waals surface area (Å²) >= 11 is 3.33. The van der Waals surface area contributed by atoms with Gasteiger partial charge in [-0.1, -0.05) is 28.1 Å². The molecule has 0 saturated carbocycles. The fraction of sp³-hybridized carbons (Fsp3) is 0.0625. The van der Waals surface area contributed by atoms with Gasteiger partial charge < -0.3 is 5.84 Å². The van der Waals surface area contributed by atoms with Crippen molar-refractivity contribution >= 4 is 39.3 Å². The highest BCUT2D eigenvalue weighted by molar-refractivity contribution is 9.10. The van der Waals surface area contributed by atoms with E-state index in [1.807, 2.05) is 31.2 Å². The van der Waals surface area contributed by atoms with E-state index in [1.165, 1.54) is 6.21 Å². The maximum absolute atomic E-state index is 12.4. The summed E-state index contributed by atoms with van der Waals surface area (Å²) in [5.41, 5.74) is 5.36. The Labute approximate surface area is 137 Å². The molecule has 0 spiro atoms. The number of nitrogens with one attached hydrogen (secondary N) is 1. The van der Waals surface area contributed by atoms with Gasteiger partial charge in [-0.3, -0.25) is 10.2 Å². The molecule has 112 valence electrons. The average Bonchev–Trinajstić information content (AvgIpc) is 2.51. The summed E-state index contributed by atoms with van der Waals surface area (Å²) in [5, 5.41) is 7.50. The third-order valence-corrected chi connectivity index (χ3v) is 3.39. The van der Waals surface area contributed by atoms with E-state index < -0.39 is 0 Å². The first kappa shape index (κ1) is 15.9. The van der Waals surface area contributed by atoms with Crippen LogP contribution in [0.4, 0.5) is 5.69 Å². The number of nitrogens with two attached hydrogens (primary N) is 1. The second kappa shape index (κ2) is 7.51. The van der Waals surface area contributed by atoms with E-state index in [0.717, 1.165) is 15.7 Å². The van der Waals surface area contributed by atoms with Crippen LogP contribution in [0.1, 0.15) is 15.9 Å². The Kier molecular flexibility index (Phi) is 5.43. The monoisotopic (exact) mass is 358 g/mol. The molecule has 0 aliphatic carbocycles. The first-order chi connectivity index (χ1) is 10.6. The molecule has 0 heterocycles. The summed E-state index contributed by atoms with van der Waals surface area (Å²) < 4.78 is 0.896. The van der Waals surface area contributed by atoms with E-state index in [0.29, 0.717) is 5.56 Å². The fourth-order valence-electron chi connectivity index (χ4n) is 1.80. The molecule has 2 rings (SSSR count). The van der Waals surface area contributed by atoms with E-state index in [1.54, 1.807) is 24.3 Å². The molecule has 0 unspecified atom stereocenters. The number of aryl methyl sites for hydroxylation is 1. The van der Waals surface area contributed by atoms with Gasteiger partial charge >= 0.3 is 0 Å². The molecule has 5 nitrogen and oxygen atoms in total. The predicted octanol–water partition coefficient (Wildman–Crippen LogP) is 3.35. The minimum atomic E-state index is -0.262. The molecule has 2 aromatic rings. The van der Waals surface area contributed by atoms with Crippen LogP contribution in [0, 0.1) is 6.92 Å². The van der Waals surface area contributed by atoms with Gasteiger partial charge in [-0.05, 0) is 48.9 Å². The van der Waals surface area contributed by atoms with Gasteiger partial charge in [0.1, 0.15) is 0 Å². The molecule has 0 bridgehead atoms. The van der Waals surface area contributed by atoms with Crippen LogP contribution in [0.15, 0.2) is 63.2 Å². The summed E-state index contributed by atoms with van der Waals surface area (Å²) in [7, 11) is 0. The Hall–Kier alpha value is -2.47. The summed E-state index contributed by atoms with van der Waals surface area (Å²) in [4.78, 5) is 12.4. The number of carbonyl (C=O) groups excluding carboxylic acids is 1. The number of nitrogens with zero attached hydrogens (tertiary/aromatic N) is 2. The number of ketones is 1. The standard InChI is InChI=1S/C16H15BrN4O/c1-11-3-2-4-14(9-11)20-21-15(10-19-18)16(22)12-5-7-13(17)8-6-12/h2-10,20H,18H2,1H3/b19-10+,21-15-. The number of rotatable bonds is 5. The van der Waals surface area contributed by atoms with Crippen LogP contribution in [0.25, 0.3) is 0 Å². The third kappa shape index (κ3) is 4.26. The van der Waals surface area contributed by atoms with Crippen molar-refractivity contribution in [3.63, 3.8) is 0 Å². The fourth-order valence-corrected chi connectivity index (χ4v) is 2.06. The Morgan fingerprint density at radius 3 is 2.59 bits per heavy atom. The minimum Gasteiger partial charge on any atom is -0.323 e. The van der Waals surface area contributed by atoms with Crippen molar-refractivity contribution in [3.05, 3.63) is 64.1 Å². The molecular weight excluding hydrogens is 344 g/mol. The largest absolute Gasteiger partial charge is 0.323 e. The number of anilines is 1.